The molecule has 7 aromatic rings. The fraction of sp³-hybridized carbons (Fsp3) is 0.118. The van der Waals surface area contributed by atoms with E-state index in [1.807, 2.05) is 36.4 Å². The maximum Gasteiger partial charge on any atom is 0.154 e. The molecule has 0 fully saturated rings. The Kier molecular flexibility index (Phi) is 4.11. The lowest BCUT2D eigenvalue weighted by atomic mass is 9.99. The molecule has 0 aliphatic heterocycles. The van der Waals surface area contributed by atoms with Crippen molar-refractivity contribution in [2.45, 2.75) is 27.6 Å². The van der Waals surface area contributed by atoms with E-state index in [1.165, 1.54) is 11.6 Å². The van der Waals surface area contributed by atoms with Crippen LogP contribution in [-0.2, 0) is 0 Å². The molecule has 0 N–H and O–H groups in total. The van der Waals surface area contributed by atoms with Gasteiger partial charge in [-0.05, 0) is 62.5 Å². The summed E-state index contributed by atoms with van der Waals surface area (Å²) in [5.41, 5.74) is 10.00. The van der Waals surface area contributed by atoms with Crippen LogP contribution >= 0.6 is 0 Å². The van der Waals surface area contributed by atoms with Crippen LogP contribution in [0.25, 0.3) is 61.2 Å². The number of furan rings is 1. The highest BCUT2D eigenvalue weighted by molar-refractivity contribution is 6.15. The molecule has 184 valence electrons. The number of para-hydroxylation sites is 3. The van der Waals surface area contributed by atoms with Gasteiger partial charge in [-0.3, -0.25) is 9.55 Å². The predicted octanol–water partition coefficient (Wildman–Crippen LogP) is 8.89. The van der Waals surface area contributed by atoms with E-state index in [-0.39, 0.29) is 11.6 Å². The quantitative estimate of drug-likeness (QED) is 0.245. The van der Waals surface area contributed by atoms with Crippen molar-refractivity contribution in [1.82, 2.24) is 14.5 Å². The molecule has 0 atom stereocenters. The Hall–Kier alpha value is -4.70. The van der Waals surface area contributed by atoms with E-state index < -0.39 is 6.85 Å². The Morgan fingerprint density at radius 3 is 2.53 bits per heavy atom. The lowest BCUT2D eigenvalue weighted by Gasteiger charge is -2.16. The third-order valence-electron chi connectivity index (χ3n) is 7.17. The van der Waals surface area contributed by atoms with Crippen LogP contribution in [0.15, 0.2) is 95.6 Å². The van der Waals surface area contributed by atoms with Crippen molar-refractivity contribution >= 4 is 33.0 Å². The van der Waals surface area contributed by atoms with Crippen LogP contribution < -0.4 is 0 Å². The number of pyridine rings is 1. The zero-order chi connectivity index (χ0) is 29.3. The van der Waals surface area contributed by atoms with Gasteiger partial charge >= 0.3 is 0 Å². The lowest BCUT2D eigenvalue weighted by Crippen LogP contribution is -2.03. The average molecular weight is 498 g/mol. The maximum atomic E-state index is 8.29. The van der Waals surface area contributed by atoms with Crippen LogP contribution in [0.2, 0.25) is 0 Å². The number of nitrogens with zero attached hydrogens (tertiary/aromatic N) is 3. The second-order valence-corrected chi connectivity index (χ2v) is 9.86. The first-order valence-electron chi connectivity index (χ1n) is 14.6. The van der Waals surface area contributed by atoms with Gasteiger partial charge in [-0.15, -0.1) is 0 Å². The summed E-state index contributed by atoms with van der Waals surface area (Å²) in [6.07, 6.45) is 3.38. The van der Waals surface area contributed by atoms with E-state index >= 15 is 0 Å². The number of aryl methyl sites for hydroxylation is 4. The van der Waals surface area contributed by atoms with Crippen LogP contribution in [0, 0.1) is 27.6 Å². The summed E-state index contributed by atoms with van der Waals surface area (Å²) in [6.45, 7) is 4.03. The van der Waals surface area contributed by atoms with Crippen LogP contribution in [-0.4, -0.2) is 14.5 Å². The summed E-state index contributed by atoms with van der Waals surface area (Å²) < 4.78 is 40.7. The Labute approximate surface area is 226 Å². The maximum absolute atomic E-state index is 8.29. The van der Waals surface area contributed by atoms with Gasteiger partial charge in [0.05, 0.1) is 29.9 Å². The number of rotatable bonds is 3. The largest absolute Gasteiger partial charge is 0.454 e. The highest BCUT2D eigenvalue weighted by atomic mass is 16.3. The minimum absolute atomic E-state index is 0.119. The zero-order valence-electron chi connectivity index (χ0n) is 25.3. The smallest absolute Gasteiger partial charge is 0.154 e. The fourth-order valence-electron chi connectivity index (χ4n) is 5.73. The van der Waals surface area contributed by atoms with E-state index in [2.05, 4.69) is 48.5 Å². The molecule has 0 radical (unpaired) electrons. The molecular formula is C34H27N3O. The standard InChI is InChI=1S/C34H27N3O/c1-20-9-7-10-24(17-20)27-18-35-19-30-31(27)25-11-8-12-26(33(25)38-30)34-36-28-13-5-6-14-29(28)37(34)32-22(3)15-21(2)16-23(32)4/h5-19H,1-4H3/i1D3,7D. The molecule has 3 heterocycles. The van der Waals surface area contributed by atoms with E-state index in [9.17, 15) is 0 Å². The molecule has 0 unspecified atom stereocenters. The van der Waals surface area contributed by atoms with Crippen molar-refractivity contribution < 1.29 is 9.90 Å². The number of hydrogen-bond acceptors (Lipinski definition) is 3. The Morgan fingerprint density at radius 2 is 1.68 bits per heavy atom. The zero-order valence-corrected chi connectivity index (χ0v) is 21.3. The minimum Gasteiger partial charge on any atom is -0.454 e. The van der Waals surface area contributed by atoms with Crippen molar-refractivity contribution in [3.8, 4) is 28.2 Å². The van der Waals surface area contributed by atoms with E-state index in [1.54, 1.807) is 24.5 Å². The van der Waals surface area contributed by atoms with Gasteiger partial charge in [0.25, 0.3) is 0 Å². The van der Waals surface area contributed by atoms with Gasteiger partial charge in [-0.25, -0.2) is 4.98 Å². The first-order chi connectivity index (χ1) is 20.1. The molecule has 3 aromatic heterocycles. The van der Waals surface area contributed by atoms with Gasteiger partial charge in [0.15, 0.2) is 5.58 Å². The second kappa shape index (κ2) is 8.42. The number of imidazole rings is 1. The molecule has 0 aliphatic carbocycles. The Bertz CT molecular complexity index is 2170. The molecule has 0 bridgehead atoms. The molecule has 4 aromatic carbocycles. The van der Waals surface area contributed by atoms with Crippen LogP contribution in [0.5, 0.6) is 0 Å². The van der Waals surface area contributed by atoms with Crippen molar-refractivity contribution in [2.75, 3.05) is 0 Å². The van der Waals surface area contributed by atoms with E-state index in [0.717, 1.165) is 50.0 Å². The summed E-state index contributed by atoms with van der Waals surface area (Å²) >= 11 is 0. The third kappa shape index (κ3) is 3.37. The highest BCUT2D eigenvalue weighted by Gasteiger charge is 2.22. The van der Waals surface area contributed by atoms with Crippen LogP contribution in [0.3, 0.4) is 0 Å². The third-order valence-corrected chi connectivity index (χ3v) is 7.17. The average Bonchev–Trinajstić information content (AvgIpc) is 3.50. The second-order valence-electron chi connectivity index (χ2n) is 9.86. The topological polar surface area (TPSA) is 43.9 Å². The number of aromatic nitrogens is 3. The van der Waals surface area contributed by atoms with Gasteiger partial charge < -0.3 is 4.42 Å². The summed E-state index contributed by atoms with van der Waals surface area (Å²) in [7, 11) is 0. The minimum atomic E-state index is -2.33. The van der Waals surface area contributed by atoms with Crippen LogP contribution in [0.4, 0.5) is 0 Å². The molecule has 4 heteroatoms. The molecule has 0 saturated heterocycles. The number of fused-ring (bicyclic) bond motifs is 4. The summed E-state index contributed by atoms with van der Waals surface area (Å²) in [6, 6.07) is 23.3. The molecule has 0 saturated carbocycles. The van der Waals surface area contributed by atoms with Crippen molar-refractivity contribution in [3.63, 3.8) is 0 Å². The summed E-state index contributed by atoms with van der Waals surface area (Å²) in [4.78, 5) is 9.54. The lowest BCUT2D eigenvalue weighted by molar-refractivity contribution is 0.667. The normalized spacial score (nSPS) is 13.6. The Balaban J connectivity index is 1.53. The molecule has 0 amide bonds. The predicted molar refractivity (Wildman–Crippen MR) is 156 cm³/mol. The molecule has 38 heavy (non-hydrogen) atoms. The van der Waals surface area contributed by atoms with Gasteiger partial charge in [0.2, 0.25) is 0 Å². The number of hydrogen-bond donors (Lipinski definition) is 0. The van der Waals surface area contributed by atoms with E-state index in [4.69, 9.17) is 14.9 Å². The van der Waals surface area contributed by atoms with E-state index in [0.29, 0.717) is 22.3 Å². The molecule has 0 spiro atoms. The molecule has 7 rings (SSSR count). The first kappa shape index (κ1) is 18.5. The fourth-order valence-corrected chi connectivity index (χ4v) is 5.73. The van der Waals surface area contributed by atoms with Gasteiger partial charge in [0, 0.05) is 26.6 Å². The van der Waals surface area contributed by atoms with Crippen molar-refractivity contribution in [2.24, 2.45) is 0 Å². The van der Waals surface area contributed by atoms with Gasteiger partial charge in [0.1, 0.15) is 11.4 Å². The molecule has 4 nitrogen and oxygen atoms in total. The SMILES string of the molecule is [2H]c1cc(-c2cncc3oc4c(-c5nc6ccccc6n5-c5c(C)cc(C)cc5C)cccc4c23)cc(C([2H])([2H])[2H])c1. The summed E-state index contributed by atoms with van der Waals surface area (Å²) in [5.74, 6) is 0.767. The van der Waals surface area contributed by atoms with Crippen molar-refractivity contribution in [1.29, 1.82) is 0 Å². The summed E-state index contributed by atoms with van der Waals surface area (Å²) in [5, 5.41) is 1.68. The highest BCUT2D eigenvalue weighted by Crippen LogP contribution is 2.41. The number of benzene rings is 4. The molecular weight excluding hydrogens is 466 g/mol. The van der Waals surface area contributed by atoms with Gasteiger partial charge in [-0.1, -0.05) is 71.8 Å². The monoisotopic (exact) mass is 497 g/mol. The molecule has 0 aliphatic rings. The van der Waals surface area contributed by atoms with Gasteiger partial charge in [-0.2, -0.15) is 0 Å². The van der Waals surface area contributed by atoms with Crippen molar-refractivity contribution in [3.05, 3.63) is 113 Å². The van der Waals surface area contributed by atoms with Crippen LogP contribution in [0.1, 0.15) is 27.7 Å². The first-order valence-corrected chi connectivity index (χ1v) is 12.6. The Morgan fingerprint density at radius 1 is 0.842 bits per heavy atom.